The average molecular weight is 899 g/mol. The predicted octanol–water partition coefficient (Wildman–Crippen LogP) is 17.8. The lowest BCUT2D eigenvalue weighted by Crippen LogP contribution is -2.34. The number of hydrogen-bond acceptors (Lipinski definition) is 2. The Balaban J connectivity index is 0.996. The molecule has 0 bridgehead atoms. The minimum absolute atomic E-state index is 0.116. The van der Waals surface area contributed by atoms with Crippen molar-refractivity contribution < 1.29 is 0 Å². The van der Waals surface area contributed by atoms with Gasteiger partial charge in [0.2, 0.25) is 0 Å². The zero-order valence-corrected chi connectivity index (χ0v) is 39.8. The van der Waals surface area contributed by atoms with Crippen molar-refractivity contribution in [2.24, 2.45) is 11.8 Å². The van der Waals surface area contributed by atoms with E-state index in [-0.39, 0.29) is 10.8 Å². The van der Waals surface area contributed by atoms with Crippen molar-refractivity contribution in [3.05, 3.63) is 264 Å². The molecule has 2 heteroatoms. The fraction of sp³-hybridized carbons (Fsp3) is 0.147. The van der Waals surface area contributed by atoms with Gasteiger partial charge in [-0.3, -0.25) is 0 Å². The number of nitrogens with zero attached hydrogens (tertiary/aromatic N) is 2. The first-order valence-electron chi connectivity index (χ1n) is 25.3. The van der Waals surface area contributed by atoms with E-state index >= 15 is 0 Å². The van der Waals surface area contributed by atoms with Crippen LogP contribution in [-0.4, -0.2) is 0 Å². The molecule has 14 rings (SSSR count). The SMILES string of the molecule is CC1(C)c2ccccc2-c2ccc(N(c3ccccc3)c3cccc4c3C35c6c(cccc6N(c6ccccc6)c6cc7ccccc7cc6-c6ccc(-c7ccccc7)cc6)CC3CCC5C4)cc21. The summed E-state index contributed by atoms with van der Waals surface area (Å²) in [5.74, 6) is 0.975. The second kappa shape index (κ2) is 15.8. The van der Waals surface area contributed by atoms with E-state index in [9.17, 15) is 0 Å². The summed E-state index contributed by atoms with van der Waals surface area (Å²) in [6, 6.07) is 86.9. The zero-order valence-electron chi connectivity index (χ0n) is 39.8. The van der Waals surface area contributed by atoms with Crippen LogP contribution in [0.4, 0.5) is 34.1 Å². The second-order valence-electron chi connectivity index (χ2n) is 20.8. The molecule has 2 nitrogen and oxygen atoms in total. The number of rotatable bonds is 8. The van der Waals surface area contributed by atoms with Crippen LogP contribution in [0.15, 0.2) is 231 Å². The van der Waals surface area contributed by atoms with Crippen LogP contribution in [-0.2, 0) is 23.7 Å². The first kappa shape index (κ1) is 41.1. The molecule has 10 aromatic rings. The van der Waals surface area contributed by atoms with Crippen LogP contribution >= 0.6 is 0 Å². The average Bonchev–Trinajstić information content (AvgIpc) is 4.11. The van der Waals surface area contributed by atoms with Gasteiger partial charge in [0.15, 0.2) is 0 Å². The molecule has 10 aromatic carbocycles. The van der Waals surface area contributed by atoms with E-state index in [1.165, 1.54) is 124 Å². The number of hydrogen-bond donors (Lipinski definition) is 0. The third-order valence-electron chi connectivity index (χ3n) is 16.9. The Kier molecular flexibility index (Phi) is 9.27. The van der Waals surface area contributed by atoms with Crippen molar-refractivity contribution >= 4 is 44.9 Å². The van der Waals surface area contributed by atoms with Crippen molar-refractivity contribution in [2.75, 3.05) is 9.80 Å². The number of para-hydroxylation sites is 2. The molecular formula is C68H54N2. The highest BCUT2D eigenvalue weighted by molar-refractivity contribution is 5.99. The van der Waals surface area contributed by atoms with E-state index in [1.54, 1.807) is 0 Å². The molecule has 0 aromatic heterocycles. The van der Waals surface area contributed by atoms with Crippen LogP contribution in [0.1, 0.15) is 60.1 Å². The van der Waals surface area contributed by atoms with Crippen molar-refractivity contribution in [3.63, 3.8) is 0 Å². The lowest BCUT2D eigenvalue weighted by molar-refractivity contribution is 0.350. The van der Waals surface area contributed by atoms with Gasteiger partial charge in [-0.15, -0.1) is 0 Å². The van der Waals surface area contributed by atoms with E-state index in [4.69, 9.17) is 0 Å². The third kappa shape index (κ3) is 6.05. The smallest absolute Gasteiger partial charge is 0.0546 e. The van der Waals surface area contributed by atoms with E-state index in [0.717, 1.165) is 12.8 Å². The van der Waals surface area contributed by atoms with Gasteiger partial charge in [-0.2, -0.15) is 0 Å². The van der Waals surface area contributed by atoms with Crippen molar-refractivity contribution in [1.82, 2.24) is 0 Å². The van der Waals surface area contributed by atoms with E-state index in [0.29, 0.717) is 11.8 Å². The highest BCUT2D eigenvalue weighted by Gasteiger charge is 2.62. The molecule has 0 saturated heterocycles. The minimum atomic E-state index is -0.182. The van der Waals surface area contributed by atoms with Crippen LogP contribution in [0.25, 0.3) is 44.2 Å². The summed E-state index contributed by atoms with van der Waals surface area (Å²) in [7, 11) is 0. The topological polar surface area (TPSA) is 6.48 Å². The molecule has 0 radical (unpaired) electrons. The van der Waals surface area contributed by atoms with Gasteiger partial charge in [-0.1, -0.05) is 184 Å². The lowest BCUT2D eigenvalue weighted by Gasteiger charge is -2.40. The fourth-order valence-corrected chi connectivity index (χ4v) is 14.0. The number of anilines is 6. The quantitative estimate of drug-likeness (QED) is 0.150. The third-order valence-corrected chi connectivity index (χ3v) is 16.9. The molecule has 4 aliphatic rings. The van der Waals surface area contributed by atoms with Gasteiger partial charge in [-0.25, -0.2) is 0 Å². The summed E-state index contributed by atoms with van der Waals surface area (Å²) in [6.07, 6.45) is 4.62. The molecule has 0 aliphatic heterocycles. The number of benzene rings is 10. The normalized spacial score (nSPS) is 18.7. The Hall–Kier alpha value is -7.94. The molecule has 0 amide bonds. The predicted molar refractivity (Wildman–Crippen MR) is 293 cm³/mol. The summed E-state index contributed by atoms with van der Waals surface area (Å²) in [5, 5.41) is 2.47. The van der Waals surface area contributed by atoms with Gasteiger partial charge in [0.1, 0.15) is 0 Å². The maximum atomic E-state index is 2.63. The Morgan fingerprint density at radius 3 is 1.53 bits per heavy atom. The molecule has 1 saturated carbocycles. The second-order valence-corrected chi connectivity index (χ2v) is 20.8. The maximum Gasteiger partial charge on any atom is 0.0546 e. The highest BCUT2D eigenvalue weighted by Crippen LogP contribution is 2.69. The zero-order chi connectivity index (χ0) is 46.6. The van der Waals surface area contributed by atoms with E-state index in [2.05, 4.69) is 254 Å². The standard InChI is InChI=1S/C68H54N2/c1-67(2)60-29-15-14-28-57(60)58-39-38-56(44-61(58)67)69(54-24-8-4-9-25-54)62-30-16-22-50-40-52-36-37-53-41-51-23-17-31-63(66(51)68(52,53)65(50)62)70(55-26-10-5-11-27-55)64-43-49-21-13-12-20-48(49)42-59(64)47-34-32-46(33-35-47)45-18-6-3-7-19-45/h3-35,38-39,42-44,52-53H,36-37,40-41H2,1-2H3. The summed E-state index contributed by atoms with van der Waals surface area (Å²) in [4.78, 5) is 5.24. The lowest BCUT2D eigenvalue weighted by atomic mass is 9.68. The highest BCUT2D eigenvalue weighted by atomic mass is 15.2. The van der Waals surface area contributed by atoms with Crippen LogP contribution in [0, 0.1) is 11.8 Å². The molecule has 1 spiro atoms. The van der Waals surface area contributed by atoms with Gasteiger partial charge in [0, 0.05) is 33.5 Å². The molecule has 3 atom stereocenters. The van der Waals surface area contributed by atoms with Crippen LogP contribution in [0.3, 0.4) is 0 Å². The summed E-state index contributed by atoms with van der Waals surface area (Å²) >= 11 is 0. The van der Waals surface area contributed by atoms with Crippen LogP contribution < -0.4 is 9.80 Å². The van der Waals surface area contributed by atoms with Gasteiger partial charge >= 0.3 is 0 Å². The molecule has 336 valence electrons. The molecule has 0 heterocycles. The molecule has 0 N–H and O–H groups in total. The van der Waals surface area contributed by atoms with Crippen molar-refractivity contribution in [1.29, 1.82) is 0 Å². The Bertz CT molecular complexity index is 3640. The molecule has 1 fully saturated rings. The number of fused-ring (bicyclic) bond motifs is 6. The van der Waals surface area contributed by atoms with Crippen LogP contribution in [0.5, 0.6) is 0 Å². The minimum Gasteiger partial charge on any atom is -0.310 e. The molecule has 70 heavy (non-hydrogen) atoms. The fourth-order valence-electron chi connectivity index (χ4n) is 14.0. The van der Waals surface area contributed by atoms with Gasteiger partial charge in [-0.05, 0) is 170 Å². The molecule has 4 aliphatic carbocycles. The van der Waals surface area contributed by atoms with Gasteiger partial charge in [0.25, 0.3) is 0 Å². The van der Waals surface area contributed by atoms with Crippen molar-refractivity contribution in [3.8, 4) is 33.4 Å². The van der Waals surface area contributed by atoms with Gasteiger partial charge < -0.3 is 9.80 Å². The first-order chi connectivity index (χ1) is 34.5. The van der Waals surface area contributed by atoms with E-state index < -0.39 is 0 Å². The summed E-state index contributed by atoms with van der Waals surface area (Å²) in [6.45, 7) is 4.80. The largest absolute Gasteiger partial charge is 0.310 e. The Morgan fingerprint density at radius 1 is 0.357 bits per heavy atom. The molecule has 3 unspecified atom stereocenters. The molecular weight excluding hydrogens is 845 g/mol. The first-order valence-corrected chi connectivity index (χ1v) is 25.3. The maximum absolute atomic E-state index is 2.63. The van der Waals surface area contributed by atoms with Gasteiger partial charge in [0.05, 0.1) is 17.1 Å². The summed E-state index contributed by atoms with van der Waals surface area (Å²) < 4.78 is 0. The Morgan fingerprint density at radius 2 is 0.871 bits per heavy atom. The van der Waals surface area contributed by atoms with E-state index in [1.807, 2.05) is 0 Å². The Labute approximate surface area is 412 Å². The summed E-state index contributed by atoms with van der Waals surface area (Å²) in [5.41, 5.74) is 23.5. The van der Waals surface area contributed by atoms with Crippen molar-refractivity contribution in [2.45, 2.75) is 50.4 Å². The van der Waals surface area contributed by atoms with Crippen LogP contribution in [0.2, 0.25) is 0 Å². The monoisotopic (exact) mass is 898 g/mol.